The lowest BCUT2D eigenvalue weighted by Crippen LogP contribution is -2.36. The first-order chi connectivity index (χ1) is 7.22. The van der Waals surface area contributed by atoms with Gasteiger partial charge in [0.05, 0.1) is 6.54 Å². The van der Waals surface area contributed by atoms with E-state index in [-0.39, 0.29) is 5.91 Å². The molecule has 1 aliphatic rings. The summed E-state index contributed by atoms with van der Waals surface area (Å²) in [5.41, 5.74) is 0.531. The molecule has 0 aliphatic heterocycles. The second-order valence-electron chi connectivity index (χ2n) is 4.66. The van der Waals surface area contributed by atoms with E-state index < -0.39 is 0 Å². The fourth-order valence-electron chi connectivity index (χ4n) is 1.74. The lowest BCUT2D eigenvalue weighted by atomic mass is 10.0. The largest absolute Gasteiger partial charge is 0.355 e. The van der Waals surface area contributed by atoms with Gasteiger partial charge in [-0.2, -0.15) is 0 Å². The predicted octanol–water partition coefficient (Wildman–Crippen LogP) is 1.68. The molecule has 1 aliphatic carbocycles. The van der Waals surface area contributed by atoms with E-state index in [1.807, 2.05) is 0 Å². The summed E-state index contributed by atoms with van der Waals surface area (Å²) in [5, 5.41) is 6.16. The second kappa shape index (κ2) is 6.11. The van der Waals surface area contributed by atoms with Crippen LogP contribution in [0.5, 0.6) is 0 Å². The summed E-state index contributed by atoms with van der Waals surface area (Å²) in [6.07, 6.45) is 6.09. The summed E-state index contributed by atoms with van der Waals surface area (Å²) >= 11 is 0. The quantitative estimate of drug-likeness (QED) is 0.601. The van der Waals surface area contributed by atoms with E-state index in [9.17, 15) is 4.79 Å². The highest BCUT2D eigenvalue weighted by atomic mass is 16.1. The summed E-state index contributed by atoms with van der Waals surface area (Å²) in [4.78, 5) is 11.3. The first kappa shape index (κ1) is 12.5. The van der Waals surface area contributed by atoms with Gasteiger partial charge in [0.25, 0.3) is 0 Å². The van der Waals surface area contributed by atoms with Crippen LogP contribution in [0.15, 0.2) is 0 Å². The van der Waals surface area contributed by atoms with Crippen LogP contribution in [-0.2, 0) is 4.79 Å². The van der Waals surface area contributed by atoms with Crippen LogP contribution in [0.25, 0.3) is 0 Å². The predicted molar refractivity (Wildman–Crippen MR) is 62.7 cm³/mol. The van der Waals surface area contributed by atoms with Crippen molar-refractivity contribution in [1.82, 2.24) is 10.6 Å². The summed E-state index contributed by atoms with van der Waals surface area (Å²) in [7, 11) is 0. The van der Waals surface area contributed by atoms with E-state index in [0.29, 0.717) is 12.0 Å². The van der Waals surface area contributed by atoms with Gasteiger partial charge in [-0.05, 0) is 31.1 Å². The second-order valence-corrected chi connectivity index (χ2v) is 4.66. The van der Waals surface area contributed by atoms with Gasteiger partial charge in [-0.25, -0.2) is 0 Å². The molecular weight excluding hydrogens is 188 g/mol. The number of carbonyl (C=O) groups is 1. The summed E-state index contributed by atoms with van der Waals surface area (Å²) in [5.74, 6) is 0.135. The number of carbonyl (C=O) groups excluding carboxylic acids is 1. The Labute approximate surface area is 93.0 Å². The van der Waals surface area contributed by atoms with Gasteiger partial charge in [0.1, 0.15) is 0 Å². The third-order valence-electron chi connectivity index (χ3n) is 3.35. The van der Waals surface area contributed by atoms with Crippen LogP contribution in [-0.4, -0.2) is 25.5 Å². The molecule has 1 amide bonds. The minimum Gasteiger partial charge on any atom is -0.355 e. The average molecular weight is 212 g/mol. The molecule has 2 N–H and O–H groups in total. The van der Waals surface area contributed by atoms with E-state index in [4.69, 9.17) is 0 Å². The number of amides is 1. The Hall–Kier alpha value is -0.570. The van der Waals surface area contributed by atoms with Gasteiger partial charge in [-0.1, -0.05) is 20.3 Å². The molecule has 1 fully saturated rings. The zero-order chi connectivity index (χ0) is 11.1. The van der Waals surface area contributed by atoms with Crippen molar-refractivity contribution in [2.75, 3.05) is 19.6 Å². The average Bonchev–Trinajstić information content (AvgIpc) is 2.99. The monoisotopic (exact) mass is 212 g/mol. The Kier molecular flexibility index (Phi) is 5.09. The van der Waals surface area contributed by atoms with Crippen molar-refractivity contribution < 1.29 is 4.79 Å². The molecule has 3 nitrogen and oxygen atoms in total. The third kappa shape index (κ3) is 4.65. The van der Waals surface area contributed by atoms with Crippen LogP contribution in [0.4, 0.5) is 0 Å². The van der Waals surface area contributed by atoms with E-state index in [1.54, 1.807) is 0 Å². The van der Waals surface area contributed by atoms with Crippen molar-refractivity contribution in [3.63, 3.8) is 0 Å². The van der Waals surface area contributed by atoms with Gasteiger partial charge in [-0.15, -0.1) is 0 Å². The van der Waals surface area contributed by atoms with Gasteiger partial charge in [-0.3, -0.25) is 4.79 Å². The lowest BCUT2D eigenvalue weighted by molar-refractivity contribution is -0.120. The first-order valence-electron chi connectivity index (χ1n) is 6.20. The molecule has 1 rings (SSSR count). The maximum absolute atomic E-state index is 11.3. The van der Waals surface area contributed by atoms with Crippen molar-refractivity contribution >= 4 is 5.91 Å². The molecule has 1 saturated carbocycles. The zero-order valence-corrected chi connectivity index (χ0v) is 10.1. The molecule has 0 aromatic carbocycles. The molecule has 0 aromatic heterocycles. The molecule has 15 heavy (non-hydrogen) atoms. The fraction of sp³-hybridized carbons (Fsp3) is 0.917. The smallest absolute Gasteiger partial charge is 0.233 e. The van der Waals surface area contributed by atoms with Crippen LogP contribution in [0, 0.1) is 5.41 Å². The summed E-state index contributed by atoms with van der Waals surface area (Å²) in [6.45, 7) is 6.66. The van der Waals surface area contributed by atoms with E-state index in [1.165, 1.54) is 19.3 Å². The summed E-state index contributed by atoms with van der Waals surface area (Å²) in [6, 6.07) is 0. The van der Waals surface area contributed by atoms with E-state index in [0.717, 1.165) is 25.9 Å². The topological polar surface area (TPSA) is 41.1 Å². The highest BCUT2D eigenvalue weighted by molar-refractivity contribution is 5.77. The van der Waals surface area contributed by atoms with Crippen molar-refractivity contribution in [1.29, 1.82) is 0 Å². The van der Waals surface area contributed by atoms with Crippen LogP contribution >= 0.6 is 0 Å². The zero-order valence-electron chi connectivity index (χ0n) is 10.1. The van der Waals surface area contributed by atoms with E-state index in [2.05, 4.69) is 24.5 Å². The van der Waals surface area contributed by atoms with Gasteiger partial charge >= 0.3 is 0 Å². The number of hydrogen-bond acceptors (Lipinski definition) is 2. The molecule has 3 heteroatoms. The molecule has 0 atom stereocenters. The maximum atomic E-state index is 11.3. The molecule has 0 bridgehead atoms. The molecule has 0 saturated heterocycles. The van der Waals surface area contributed by atoms with Crippen molar-refractivity contribution in [2.24, 2.45) is 5.41 Å². The van der Waals surface area contributed by atoms with Crippen LogP contribution in [0.3, 0.4) is 0 Å². The highest BCUT2D eigenvalue weighted by Gasteiger charge is 2.39. The van der Waals surface area contributed by atoms with E-state index >= 15 is 0 Å². The number of rotatable bonds is 8. The Morgan fingerprint density at radius 1 is 1.33 bits per heavy atom. The Bertz CT molecular complexity index is 200. The Morgan fingerprint density at radius 3 is 2.60 bits per heavy atom. The van der Waals surface area contributed by atoms with Crippen LogP contribution in [0.1, 0.15) is 46.0 Å². The molecule has 0 radical (unpaired) electrons. The standard InChI is InChI=1S/C12H24N2O/c1-3-5-8-14-11(15)9-13-10-12(4-2)6-7-12/h13H,3-10H2,1-2H3,(H,14,15). The fourth-order valence-corrected chi connectivity index (χ4v) is 1.74. The van der Waals surface area contributed by atoms with Gasteiger partial charge in [0.15, 0.2) is 0 Å². The third-order valence-corrected chi connectivity index (χ3v) is 3.35. The van der Waals surface area contributed by atoms with Gasteiger partial charge in [0.2, 0.25) is 5.91 Å². The normalized spacial score (nSPS) is 17.5. The summed E-state index contributed by atoms with van der Waals surface area (Å²) < 4.78 is 0. The van der Waals surface area contributed by atoms with Crippen molar-refractivity contribution in [3.8, 4) is 0 Å². The van der Waals surface area contributed by atoms with Crippen LogP contribution < -0.4 is 10.6 Å². The van der Waals surface area contributed by atoms with Gasteiger partial charge < -0.3 is 10.6 Å². The SMILES string of the molecule is CCCCNC(=O)CNCC1(CC)CC1. The number of nitrogens with one attached hydrogen (secondary N) is 2. The minimum atomic E-state index is 0.135. The molecule has 88 valence electrons. The molecular formula is C12H24N2O. The lowest BCUT2D eigenvalue weighted by Gasteiger charge is -2.13. The Balaban J connectivity index is 1.97. The first-order valence-corrected chi connectivity index (χ1v) is 6.20. The maximum Gasteiger partial charge on any atom is 0.233 e. The molecule has 0 spiro atoms. The highest BCUT2D eigenvalue weighted by Crippen LogP contribution is 2.47. The Morgan fingerprint density at radius 2 is 2.07 bits per heavy atom. The molecule has 0 unspecified atom stereocenters. The number of hydrogen-bond donors (Lipinski definition) is 2. The molecule has 0 aromatic rings. The van der Waals surface area contributed by atoms with Crippen LogP contribution in [0.2, 0.25) is 0 Å². The van der Waals surface area contributed by atoms with Crippen molar-refractivity contribution in [3.05, 3.63) is 0 Å². The van der Waals surface area contributed by atoms with Crippen molar-refractivity contribution in [2.45, 2.75) is 46.0 Å². The molecule has 0 heterocycles. The minimum absolute atomic E-state index is 0.135. The number of unbranched alkanes of at least 4 members (excludes halogenated alkanes) is 1. The van der Waals surface area contributed by atoms with Gasteiger partial charge in [0, 0.05) is 13.1 Å².